The second kappa shape index (κ2) is 6.28. The summed E-state index contributed by atoms with van der Waals surface area (Å²) in [5, 5.41) is 21.7. The monoisotopic (exact) mass is 295 g/mol. The Hall–Kier alpha value is -2.20. The molecule has 1 fully saturated rings. The second-order valence-electron chi connectivity index (χ2n) is 5.81. The van der Waals surface area contributed by atoms with Crippen molar-refractivity contribution in [2.45, 2.75) is 25.4 Å². The minimum atomic E-state index is -1.10. The van der Waals surface area contributed by atoms with Crippen LogP contribution in [0.15, 0.2) is 64.9 Å². The van der Waals surface area contributed by atoms with Gasteiger partial charge in [0.1, 0.15) is 5.60 Å². The van der Waals surface area contributed by atoms with E-state index in [9.17, 15) is 5.11 Å². The van der Waals surface area contributed by atoms with Crippen LogP contribution in [0.5, 0.6) is 0 Å². The van der Waals surface area contributed by atoms with Crippen molar-refractivity contribution in [2.75, 3.05) is 13.1 Å². The van der Waals surface area contributed by atoms with Gasteiger partial charge in [-0.2, -0.15) is 0 Å². The van der Waals surface area contributed by atoms with Gasteiger partial charge in [-0.05, 0) is 31.4 Å². The largest absolute Gasteiger partial charge is 0.381 e. The lowest BCUT2D eigenvalue weighted by Crippen LogP contribution is -2.22. The highest BCUT2D eigenvalue weighted by Crippen LogP contribution is 2.35. The second-order valence-corrected chi connectivity index (χ2v) is 5.81. The van der Waals surface area contributed by atoms with E-state index in [0.717, 1.165) is 24.2 Å². The van der Waals surface area contributed by atoms with Gasteiger partial charge in [-0.25, -0.2) is 0 Å². The molecule has 0 saturated carbocycles. The lowest BCUT2D eigenvalue weighted by molar-refractivity contribution is 0.103. The van der Waals surface area contributed by atoms with Crippen molar-refractivity contribution in [1.29, 1.82) is 0 Å². The van der Waals surface area contributed by atoms with Gasteiger partial charge in [0.2, 0.25) is 0 Å². The number of hydrogen-bond donors (Lipinski definition) is 1. The standard InChI is InChI=1S/C18H21N3O/c1-18(22,15-9-3-2-4-10-15)16-11-5-6-12-17(16)19-20-21-13-7-8-14-21/h2-6,9-12,22H,7-8,13-14H2,1H3. The first kappa shape index (κ1) is 14.7. The van der Waals surface area contributed by atoms with Crippen LogP contribution in [0, 0.1) is 0 Å². The van der Waals surface area contributed by atoms with Gasteiger partial charge in [-0.3, -0.25) is 5.01 Å². The zero-order valence-corrected chi connectivity index (χ0v) is 12.8. The van der Waals surface area contributed by atoms with Crippen molar-refractivity contribution < 1.29 is 5.11 Å². The highest BCUT2D eigenvalue weighted by molar-refractivity contribution is 5.52. The third-order valence-electron chi connectivity index (χ3n) is 4.13. The van der Waals surface area contributed by atoms with Crippen molar-refractivity contribution in [1.82, 2.24) is 5.01 Å². The molecule has 0 aromatic heterocycles. The van der Waals surface area contributed by atoms with E-state index in [2.05, 4.69) is 10.3 Å². The Balaban J connectivity index is 1.93. The van der Waals surface area contributed by atoms with Crippen LogP contribution >= 0.6 is 0 Å². The molecule has 4 nitrogen and oxygen atoms in total. The van der Waals surface area contributed by atoms with Crippen molar-refractivity contribution >= 4 is 5.69 Å². The van der Waals surface area contributed by atoms with E-state index in [1.165, 1.54) is 12.8 Å². The first-order chi connectivity index (χ1) is 10.7. The predicted molar refractivity (Wildman–Crippen MR) is 86.9 cm³/mol. The maximum atomic E-state index is 11.0. The molecule has 1 heterocycles. The maximum absolute atomic E-state index is 11.0. The average Bonchev–Trinajstić information content (AvgIpc) is 3.07. The SMILES string of the molecule is CC(O)(c1ccccc1)c1ccccc1N=NN1CCCC1. The highest BCUT2D eigenvalue weighted by atomic mass is 16.3. The summed E-state index contributed by atoms with van der Waals surface area (Å²) >= 11 is 0. The van der Waals surface area contributed by atoms with Gasteiger partial charge < -0.3 is 5.11 Å². The van der Waals surface area contributed by atoms with Gasteiger partial charge in [0.15, 0.2) is 0 Å². The molecule has 0 spiro atoms. The Labute approximate surface area is 131 Å². The first-order valence-electron chi connectivity index (χ1n) is 7.72. The molecule has 0 aliphatic carbocycles. The summed E-state index contributed by atoms with van der Waals surface area (Å²) in [6.45, 7) is 3.72. The van der Waals surface area contributed by atoms with Gasteiger partial charge in [-0.15, -0.1) is 5.11 Å². The Morgan fingerprint density at radius 2 is 1.59 bits per heavy atom. The van der Waals surface area contributed by atoms with E-state index in [1.54, 1.807) is 6.92 Å². The van der Waals surface area contributed by atoms with E-state index in [4.69, 9.17) is 0 Å². The lowest BCUT2D eigenvalue weighted by atomic mass is 9.87. The lowest BCUT2D eigenvalue weighted by Gasteiger charge is -2.25. The maximum Gasteiger partial charge on any atom is 0.114 e. The molecule has 2 aromatic carbocycles. The predicted octanol–water partition coefficient (Wildman–Crippen LogP) is 4.04. The molecule has 114 valence electrons. The van der Waals surface area contributed by atoms with Crippen LogP contribution < -0.4 is 0 Å². The quantitative estimate of drug-likeness (QED) is 0.865. The van der Waals surface area contributed by atoms with Crippen LogP contribution in [0.25, 0.3) is 0 Å². The fourth-order valence-electron chi connectivity index (χ4n) is 2.79. The molecule has 22 heavy (non-hydrogen) atoms. The third kappa shape index (κ3) is 3.02. The van der Waals surface area contributed by atoms with Gasteiger partial charge in [0, 0.05) is 18.7 Å². The van der Waals surface area contributed by atoms with Crippen molar-refractivity contribution in [3.63, 3.8) is 0 Å². The molecule has 3 rings (SSSR count). The summed E-state index contributed by atoms with van der Waals surface area (Å²) in [6, 6.07) is 17.3. The Morgan fingerprint density at radius 3 is 2.32 bits per heavy atom. The molecule has 4 heteroatoms. The Morgan fingerprint density at radius 1 is 0.955 bits per heavy atom. The zero-order chi connectivity index (χ0) is 15.4. The Bertz CT molecular complexity index is 646. The third-order valence-corrected chi connectivity index (χ3v) is 4.13. The first-order valence-corrected chi connectivity index (χ1v) is 7.72. The van der Waals surface area contributed by atoms with Gasteiger partial charge in [0.05, 0.1) is 5.69 Å². The van der Waals surface area contributed by atoms with E-state index in [-0.39, 0.29) is 0 Å². The molecule has 1 N–H and O–H groups in total. The summed E-state index contributed by atoms with van der Waals surface area (Å²) in [5.74, 6) is 0. The summed E-state index contributed by atoms with van der Waals surface area (Å²) in [6.07, 6.45) is 2.34. The molecule has 0 amide bonds. The van der Waals surface area contributed by atoms with Crippen LogP contribution in [0.4, 0.5) is 5.69 Å². The van der Waals surface area contributed by atoms with Crippen LogP contribution in [-0.2, 0) is 5.60 Å². The number of aliphatic hydroxyl groups is 1. The Kier molecular flexibility index (Phi) is 4.20. The topological polar surface area (TPSA) is 48.2 Å². The van der Waals surface area contributed by atoms with Gasteiger partial charge in [0.25, 0.3) is 0 Å². The fourth-order valence-corrected chi connectivity index (χ4v) is 2.79. The van der Waals surface area contributed by atoms with Crippen molar-refractivity contribution in [3.8, 4) is 0 Å². The molecule has 1 atom stereocenters. The van der Waals surface area contributed by atoms with E-state index in [1.807, 2.05) is 59.6 Å². The van der Waals surface area contributed by atoms with E-state index in [0.29, 0.717) is 5.69 Å². The molecule has 1 aliphatic rings. The molecule has 2 aromatic rings. The number of nitrogens with zero attached hydrogens (tertiary/aromatic N) is 3. The van der Waals surface area contributed by atoms with Crippen LogP contribution in [-0.4, -0.2) is 23.2 Å². The number of rotatable bonds is 4. The normalized spacial score (nSPS) is 17.8. The van der Waals surface area contributed by atoms with Crippen LogP contribution in [0.2, 0.25) is 0 Å². The minimum Gasteiger partial charge on any atom is -0.381 e. The van der Waals surface area contributed by atoms with Crippen molar-refractivity contribution in [3.05, 3.63) is 65.7 Å². The minimum absolute atomic E-state index is 0.711. The molecule has 1 saturated heterocycles. The van der Waals surface area contributed by atoms with Crippen LogP contribution in [0.1, 0.15) is 30.9 Å². The molecular formula is C18H21N3O. The summed E-state index contributed by atoms with van der Waals surface area (Å²) in [4.78, 5) is 0. The molecule has 1 aliphatic heterocycles. The zero-order valence-electron chi connectivity index (χ0n) is 12.8. The van der Waals surface area contributed by atoms with Crippen LogP contribution in [0.3, 0.4) is 0 Å². The van der Waals surface area contributed by atoms with E-state index < -0.39 is 5.60 Å². The summed E-state index contributed by atoms with van der Waals surface area (Å²) in [5.41, 5.74) is 1.23. The molecule has 1 unspecified atom stereocenters. The average molecular weight is 295 g/mol. The summed E-state index contributed by atoms with van der Waals surface area (Å²) in [7, 11) is 0. The van der Waals surface area contributed by atoms with Crippen molar-refractivity contribution in [2.24, 2.45) is 10.3 Å². The molecule has 0 bridgehead atoms. The fraction of sp³-hybridized carbons (Fsp3) is 0.333. The number of benzene rings is 2. The van der Waals surface area contributed by atoms with Gasteiger partial charge in [-0.1, -0.05) is 53.8 Å². The van der Waals surface area contributed by atoms with E-state index >= 15 is 0 Å². The highest BCUT2D eigenvalue weighted by Gasteiger charge is 2.28. The summed E-state index contributed by atoms with van der Waals surface area (Å²) < 4.78 is 0. The molecule has 0 radical (unpaired) electrons. The smallest absolute Gasteiger partial charge is 0.114 e. The number of hydrogen-bond acceptors (Lipinski definition) is 3. The molecular weight excluding hydrogens is 274 g/mol. The van der Waals surface area contributed by atoms with Gasteiger partial charge >= 0.3 is 0 Å².